The number of imide groups is 1. The number of para-hydroxylation sites is 1. The Morgan fingerprint density at radius 1 is 1.18 bits per heavy atom. The van der Waals surface area contributed by atoms with Crippen LogP contribution in [0.2, 0.25) is 0 Å². The first kappa shape index (κ1) is 22.4. The highest BCUT2D eigenvalue weighted by Gasteiger charge is 2.70. The molecule has 2 N–H and O–H groups in total. The van der Waals surface area contributed by atoms with E-state index in [1.165, 1.54) is 19.2 Å². The number of carbonyl (C=O) groups excluding carboxylic acids is 3. The molecule has 1 spiro atoms. The van der Waals surface area contributed by atoms with E-state index in [9.17, 15) is 24.5 Å². The number of fused-ring (bicyclic) bond motifs is 4. The fourth-order valence-electron chi connectivity index (χ4n) is 5.46. The number of nitro benzene ring substituents is 1. The number of benzene rings is 2. The lowest BCUT2D eigenvalue weighted by atomic mass is 9.76. The average Bonchev–Trinajstić information content (AvgIpc) is 3.41. The van der Waals surface area contributed by atoms with E-state index in [0.717, 1.165) is 16.7 Å². The van der Waals surface area contributed by atoms with Crippen LogP contribution in [-0.2, 0) is 19.9 Å². The van der Waals surface area contributed by atoms with Crippen LogP contribution in [0, 0.1) is 22.0 Å². The first-order valence-corrected chi connectivity index (χ1v) is 12.1. The monoisotopic (exact) mass is 482 g/mol. The Labute approximate surface area is 199 Å². The van der Waals surface area contributed by atoms with E-state index in [1.54, 1.807) is 36.0 Å². The lowest BCUT2D eigenvalue weighted by Gasteiger charge is -2.29. The summed E-state index contributed by atoms with van der Waals surface area (Å²) in [5, 5.41) is 17.6. The summed E-state index contributed by atoms with van der Waals surface area (Å²) in [6, 6.07) is 10.5. The van der Waals surface area contributed by atoms with Gasteiger partial charge in [-0.1, -0.05) is 18.2 Å². The summed E-state index contributed by atoms with van der Waals surface area (Å²) in [4.78, 5) is 52.9. The van der Waals surface area contributed by atoms with E-state index in [1.807, 2.05) is 6.26 Å². The number of anilines is 2. The van der Waals surface area contributed by atoms with E-state index in [2.05, 4.69) is 10.6 Å². The van der Waals surface area contributed by atoms with Gasteiger partial charge in [-0.3, -0.25) is 29.8 Å². The second-order valence-corrected chi connectivity index (χ2v) is 9.45. The third-order valence-corrected chi connectivity index (χ3v) is 7.51. The molecule has 0 saturated carbocycles. The smallest absolute Gasteiger partial charge is 0.271 e. The number of nitrogens with zero attached hydrogens (tertiary/aromatic N) is 2. The lowest BCUT2D eigenvalue weighted by Crippen LogP contribution is -2.53. The Balaban J connectivity index is 1.67. The van der Waals surface area contributed by atoms with Crippen LogP contribution >= 0.6 is 11.8 Å². The zero-order valence-corrected chi connectivity index (χ0v) is 19.3. The zero-order valence-electron chi connectivity index (χ0n) is 18.4. The number of nitrogens with one attached hydrogen (secondary N) is 2. The first-order valence-electron chi connectivity index (χ1n) is 10.7. The van der Waals surface area contributed by atoms with Gasteiger partial charge in [0.1, 0.15) is 17.0 Å². The van der Waals surface area contributed by atoms with E-state index >= 15 is 0 Å². The normalized spacial score (nSPS) is 27.2. The van der Waals surface area contributed by atoms with Crippen molar-refractivity contribution in [1.29, 1.82) is 0 Å². The maximum Gasteiger partial charge on any atom is 0.271 e. The Hall–Kier alpha value is -3.44. The Bertz CT molecular complexity index is 1240. The minimum absolute atomic E-state index is 0.00607. The standard InChI is InChI=1S/C23H22N4O6S/c1-33-17-8-7-12(27(31)32)11-16(17)26-20(28)18-15(9-10-34-2)25-23(19(18)21(26)29)13-5-3-4-6-14(13)24-22(23)30/h3-8,11,15,18-19,25H,9-10H2,1-2H3,(H,24,30)/t15-,18-,19-,23+/m0/s1. The molecule has 10 nitrogen and oxygen atoms in total. The molecule has 0 bridgehead atoms. The summed E-state index contributed by atoms with van der Waals surface area (Å²) in [5.41, 5.74) is -0.456. The molecular weight excluding hydrogens is 460 g/mol. The van der Waals surface area contributed by atoms with Gasteiger partial charge in [0.05, 0.1) is 23.9 Å². The molecule has 3 aliphatic heterocycles. The lowest BCUT2D eigenvalue weighted by molar-refractivity contribution is -0.384. The molecule has 176 valence electrons. The van der Waals surface area contributed by atoms with E-state index in [0.29, 0.717) is 17.7 Å². The second-order valence-electron chi connectivity index (χ2n) is 8.47. The third kappa shape index (κ3) is 2.96. The van der Waals surface area contributed by atoms with E-state index in [-0.39, 0.29) is 23.0 Å². The summed E-state index contributed by atoms with van der Waals surface area (Å²) in [6.07, 6.45) is 2.51. The molecule has 3 aliphatic rings. The molecule has 5 rings (SSSR count). The number of rotatable bonds is 6. The van der Waals surface area contributed by atoms with Gasteiger partial charge in [-0.15, -0.1) is 0 Å². The molecule has 3 heterocycles. The molecule has 11 heteroatoms. The number of ether oxygens (including phenoxy) is 1. The number of methoxy groups -OCH3 is 1. The molecule has 0 aliphatic carbocycles. The fraction of sp³-hybridized carbons (Fsp3) is 0.348. The van der Waals surface area contributed by atoms with Crippen molar-refractivity contribution in [2.45, 2.75) is 18.0 Å². The highest BCUT2D eigenvalue weighted by molar-refractivity contribution is 7.98. The van der Waals surface area contributed by atoms with Crippen molar-refractivity contribution in [2.75, 3.05) is 29.3 Å². The number of non-ortho nitro benzene ring substituents is 1. The van der Waals surface area contributed by atoms with Crippen molar-refractivity contribution < 1.29 is 24.0 Å². The Kier molecular flexibility index (Phi) is 5.33. The average molecular weight is 483 g/mol. The molecule has 2 saturated heterocycles. The molecule has 2 fully saturated rings. The van der Waals surface area contributed by atoms with Crippen LogP contribution in [0.1, 0.15) is 12.0 Å². The van der Waals surface area contributed by atoms with Crippen LogP contribution in [-0.4, -0.2) is 47.8 Å². The molecule has 2 aromatic rings. The van der Waals surface area contributed by atoms with E-state index < -0.39 is 40.2 Å². The van der Waals surface area contributed by atoms with Crippen molar-refractivity contribution >= 4 is 46.5 Å². The number of hydrogen-bond acceptors (Lipinski definition) is 8. The number of nitro groups is 1. The van der Waals surface area contributed by atoms with Crippen LogP contribution in [0.3, 0.4) is 0 Å². The number of hydrogen-bond donors (Lipinski definition) is 2. The van der Waals surface area contributed by atoms with Gasteiger partial charge >= 0.3 is 0 Å². The van der Waals surface area contributed by atoms with Gasteiger partial charge in [0.15, 0.2) is 0 Å². The molecule has 0 unspecified atom stereocenters. The van der Waals surface area contributed by atoms with Crippen LogP contribution in [0.5, 0.6) is 5.75 Å². The van der Waals surface area contributed by atoms with Gasteiger partial charge in [-0.05, 0) is 30.6 Å². The number of amides is 3. The largest absolute Gasteiger partial charge is 0.495 e. The Morgan fingerprint density at radius 2 is 1.94 bits per heavy atom. The van der Waals surface area contributed by atoms with Gasteiger partial charge < -0.3 is 10.1 Å². The summed E-state index contributed by atoms with van der Waals surface area (Å²) < 4.78 is 5.33. The molecule has 2 aromatic carbocycles. The number of thioether (sulfide) groups is 1. The van der Waals surface area contributed by atoms with Gasteiger partial charge in [-0.25, -0.2) is 4.90 Å². The third-order valence-electron chi connectivity index (χ3n) is 6.87. The van der Waals surface area contributed by atoms with Crippen LogP contribution in [0.15, 0.2) is 42.5 Å². The van der Waals surface area contributed by atoms with Gasteiger partial charge in [0.25, 0.3) is 5.69 Å². The predicted octanol–water partition coefficient (Wildman–Crippen LogP) is 2.28. The maximum absolute atomic E-state index is 13.9. The maximum atomic E-state index is 13.9. The second kappa shape index (κ2) is 8.10. The topological polar surface area (TPSA) is 131 Å². The first-order chi connectivity index (χ1) is 16.3. The summed E-state index contributed by atoms with van der Waals surface area (Å²) >= 11 is 1.61. The quantitative estimate of drug-likeness (QED) is 0.364. The van der Waals surface area contributed by atoms with E-state index in [4.69, 9.17) is 4.74 Å². The molecule has 4 atom stereocenters. The molecule has 3 amide bonds. The Morgan fingerprint density at radius 3 is 2.65 bits per heavy atom. The van der Waals surface area contributed by atoms with Crippen LogP contribution in [0.4, 0.5) is 17.1 Å². The highest BCUT2D eigenvalue weighted by Crippen LogP contribution is 2.54. The van der Waals surface area contributed by atoms with Crippen molar-refractivity contribution in [3.63, 3.8) is 0 Å². The minimum atomic E-state index is -1.40. The molecule has 0 radical (unpaired) electrons. The molecule has 34 heavy (non-hydrogen) atoms. The fourth-order valence-corrected chi connectivity index (χ4v) is 5.95. The van der Waals surface area contributed by atoms with Crippen molar-refractivity contribution in [3.05, 3.63) is 58.1 Å². The molecular formula is C23H22N4O6S. The summed E-state index contributed by atoms with van der Waals surface area (Å²) in [6.45, 7) is 0. The van der Waals surface area contributed by atoms with Crippen LogP contribution in [0.25, 0.3) is 0 Å². The SMILES string of the molecule is COc1ccc([N+](=O)[O-])cc1N1C(=O)[C@H]2[C@H](CCSC)N[C@@]3(C(=O)Nc4ccccc43)[C@@H]2C1=O. The van der Waals surface area contributed by atoms with Gasteiger partial charge in [-0.2, -0.15) is 11.8 Å². The summed E-state index contributed by atoms with van der Waals surface area (Å²) in [7, 11) is 1.36. The summed E-state index contributed by atoms with van der Waals surface area (Å²) in [5.74, 6) is -2.39. The highest BCUT2D eigenvalue weighted by atomic mass is 32.2. The predicted molar refractivity (Wildman–Crippen MR) is 126 cm³/mol. The van der Waals surface area contributed by atoms with Gasteiger partial charge in [0, 0.05) is 29.4 Å². The van der Waals surface area contributed by atoms with Gasteiger partial charge in [0.2, 0.25) is 17.7 Å². The van der Waals surface area contributed by atoms with Crippen molar-refractivity contribution in [3.8, 4) is 5.75 Å². The van der Waals surface area contributed by atoms with Crippen LogP contribution < -0.4 is 20.3 Å². The number of carbonyl (C=O) groups is 3. The molecule has 0 aromatic heterocycles. The van der Waals surface area contributed by atoms with Crippen molar-refractivity contribution in [1.82, 2.24) is 5.32 Å². The van der Waals surface area contributed by atoms with Crippen molar-refractivity contribution in [2.24, 2.45) is 11.8 Å². The zero-order chi connectivity index (χ0) is 24.2. The minimum Gasteiger partial charge on any atom is -0.495 e.